The van der Waals surface area contributed by atoms with Gasteiger partial charge < -0.3 is 10.6 Å². The SMILES string of the molecule is CN=C(NCCc1ccccn1)NCC(C(C)C)N1CCCCCC1.I. The quantitative estimate of drug-likeness (QED) is 0.363. The van der Waals surface area contributed by atoms with Crippen LogP contribution in [0.15, 0.2) is 29.4 Å². The van der Waals surface area contributed by atoms with Crippen LogP contribution in [0.5, 0.6) is 0 Å². The van der Waals surface area contributed by atoms with Crippen LogP contribution < -0.4 is 10.6 Å². The molecular formula is C20H36IN5. The molecule has 1 aromatic rings. The molecule has 6 heteroatoms. The molecule has 1 unspecified atom stereocenters. The fourth-order valence-electron chi connectivity index (χ4n) is 3.49. The van der Waals surface area contributed by atoms with Crippen LogP contribution in [0, 0.1) is 5.92 Å². The highest BCUT2D eigenvalue weighted by molar-refractivity contribution is 14.0. The summed E-state index contributed by atoms with van der Waals surface area (Å²) in [6.45, 7) is 8.91. The number of rotatable bonds is 7. The summed E-state index contributed by atoms with van der Waals surface area (Å²) in [4.78, 5) is 11.4. The van der Waals surface area contributed by atoms with Gasteiger partial charge >= 0.3 is 0 Å². The fourth-order valence-corrected chi connectivity index (χ4v) is 3.49. The summed E-state index contributed by atoms with van der Waals surface area (Å²) in [5.41, 5.74) is 1.11. The van der Waals surface area contributed by atoms with Crippen LogP contribution in [0.3, 0.4) is 0 Å². The van der Waals surface area contributed by atoms with E-state index in [-0.39, 0.29) is 24.0 Å². The highest BCUT2D eigenvalue weighted by Crippen LogP contribution is 2.17. The molecule has 0 spiro atoms. The molecule has 5 nitrogen and oxygen atoms in total. The number of aliphatic imine (C=N–C) groups is 1. The van der Waals surface area contributed by atoms with Crippen molar-refractivity contribution in [1.82, 2.24) is 20.5 Å². The number of hydrogen-bond donors (Lipinski definition) is 2. The van der Waals surface area contributed by atoms with Gasteiger partial charge in [-0.05, 0) is 44.0 Å². The molecule has 1 aliphatic rings. The molecule has 0 saturated carbocycles. The zero-order valence-corrected chi connectivity index (χ0v) is 18.9. The maximum absolute atomic E-state index is 4.37. The Morgan fingerprint density at radius 3 is 2.46 bits per heavy atom. The van der Waals surface area contributed by atoms with Gasteiger partial charge in [-0.2, -0.15) is 0 Å². The van der Waals surface area contributed by atoms with Gasteiger partial charge in [0.1, 0.15) is 0 Å². The van der Waals surface area contributed by atoms with Crippen molar-refractivity contribution in [2.75, 3.05) is 33.2 Å². The van der Waals surface area contributed by atoms with Crippen LogP contribution in [0.2, 0.25) is 0 Å². The van der Waals surface area contributed by atoms with E-state index < -0.39 is 0 Å². The number of likely N-dealkylation sites (tertiary alicyclic amines) is 1. The van der Waals surface area contributed by atoms with E-state index >= 15 is 0 Å². The fraction of sp³-hybridized carbons (Fsp3) is 0.700. The number of pyridine rings is 1. The molecule has 0 bridgehead atoms. The third-order valence-electron chi connectivity index (χ3n) is 4.98. The molecule has 1 fully saturated rings. The summed E-state index contributed by atoms with van der Waals surface area (Å²) >= 11 is 0. The first-order valence-electron chi connectivity index (χ1n) is 9.79. The van der Waals surface area contributed by atoms with Crippen LogP contribution in [-0.2, 0) is 6.42 Å². The van der Waals surface area contributed by atoms with Crippen LogP contribution in [0.4, 0.5) is 0 Å². The topological polar surface area (TPSA) is 52.6 Å². The Morgan fingerprint density at radius 1 is 1.15 bits per heavy atom. The molecule has 0 aromatic carbocycles. The van der Waals surface area contributed by atoms with Crippen molar-refractivity contribution in [1.29, 1.82) is 0 Å². The smallest absolute Gasteiger partial charge is 0.191 e. The first-order chi connectivity index (χ1) is 12.2. The number of aromatic nitrogens is 1. The molecule has 2 rings (SSSR count). The molecule has 1 aliphatic heterocycles. The van der Waals surface area contributed by atoms with Crippen molar-refractivity contribution in [3.05, 3.63) is 30.1 Å². The Morgan fingerprint density at radius 2 is 1.88 bits per heavy atom. The summed E-state index contributed by atoms with van der Waals surface area (Å²) in [6, 6.07) is 6.61. The van der Waals surface area contributed by atoms with Gasteiger partial charge in [0, 0.05) is 44.5 Å². The second kappa shape index (κ2) is 13.3. The number of guanidine groups is 1. The molecule has 2 heterocycles. The summed E-state index contributed by atoms with van der Waals surface area (Å²) in [6.07, 6.45) is 8.18. The van der Waals surface area contributed by atoms with E-state index in [9.17, 15) is 0 Å². The van der Waals surface area contributed by atoms with E-state index in [2.05, 4.69) is 45.4 Å². The summed E-state index contributed by atoms with van der Waals surface area (Å²) in [5, 5.41) is 6.94. The maximum atomic E-state index is 4.37. The number of halogens is 1. The normalized spacial score (nSPS) is 17.3. The Bertz CT molecular complexity index is 498. The van der Waals surface area contributed by atoms with Crippen molar-refractivity contribution < 1.29 is 0 Å². The van der Waals surface area contributed by atoms with Gasteiger partial charge in [-0.3, -0.25) is 14.9 Å². The monoisotopic (exact) mass is 473 g/mol. The van der Waals surface area contributed by atoms with Crippen LogP contribution in [0.25, 0.3) is 0 Å². The van der Waals surface area contributed by atoms with Crippen molar-refractivity contribution in [2.45, 2.75) is 52.0 Å². The van der Waals surface area contributed by atoms with Gasteiger partial charge in [-0.15, -0.1) is 24.0 Å². The van der Waals surface area contributed by atoms with Crippen molar-refractivity contribution >= 4 is 29.9 Å². The van der Waals surface area contributed by atoms with Crippen molar-refractivity contribution in [2.24, 2.45) is 10.9 Å². The van der Waals surface area contributed by atoms with Crippen LogP contribution in [0.1, 0.15) is 45.2 Å². The zero-order chi connectivity index (χ0) is 17.9. The molecule has 2 N–H and O–H groups in total. The molecule has 1 atom stereocenters. The summed E-state index contributed by atoms with van der Waals surface area (Å²) in [7, 11) is 1.84. The van der Waals surface area contributed by atoms with Gasteiger partial charge in [-0.1, -0.05) is 32.8 Å². The minimum absolute atomic E-state index is 0. The summed E-state index contributed by atoms with van der Waals surface area (Å²) < 4.78 is 0. The first kappa shape index (κ1) is 23.1. The third kappa shape index (κ3) is 8.20. The predicted molar refractivity (Wildman–Crippen MR) is 121 cm³/mol. The second-order valence-corrected chi connectivity index (χ2v) is 7.21. The highest BCUT2D eigenvalue weighted by atomic mass is 127. The molecule has 1 saturated heterocycles. The maximum Gasteiger partial charge on any atom is 0.191 e. The minimum Gasteiger partial charge on any atom is -0.356 e. The van der Waals surface area contributed by atoms with Crippen LogP contribution in [-0.4, -0.2) is 55.1 Å². The lowest BCUT2D eigenvalue weighted by molar-refractivity contribution is 0.161. The Labute approximate surface area is 176 Å². The Hall–Kier alpha value is -0.890. The van der Waals surface area contributed by atoms with Gasteiger partial charge in [0.15, 0.2) is 5.96 Å². The predicted octanol–water partition coefficient (Wildman–Crippen LogP) is 3.31. The van der Waals surface area contributed by atoms with Crippen LogP contribution >= 0.6 is 24.0 Å². The number of hydrogen-bond acceptors (Lipinski definition) is 3. The van der Waals surface area contributed by atoms with Gasteiger partial charge in [0.25, 0.3) is 0 Å². The van der Waals surface area contributed by atoms with E-state index in [1.165, 1.54) is 38.8 Å². The average molecular weight is 473 g/mol. The molecule has 0 radical (unpaired) electrons. The standard InChI is InChI=1S/C20H35N5.HI/c1-17(2)19(25-14-8-4-5-9-15-25)16-24-20(21-3)23-13-11-18-10-6-7-12-22-18;/h6-7,10,12,17,19H,4-5,8-9,11,13-16H2,1-3H3,(H2,21,23,24);1H. The van der Waals surface area contributed by atoms with Gasteiger partial charge in [-0.25, -0.2) is 0 Å². The Balaban J connectivity index is 0.00000338. The largest absolute Gasteiger partial charge is 0.356 e. The molecular weight excluding hydrogens is 437 g/mol. The Kier molecular flexibility index (Phi) is 11.8. The third-order valence-corrected chi connectivity index (χ3v) is 4.98. The minimum atomic E-state index is 0. The van der Waals surface area contributed by atoms with Crippen molar-refractivity contribution in [3.63, 3.8) is 0 Å². The van der Waals surface area contributed by atoms with Gasteiger partial charge in [0.2, 0.25) is 0 Å². The van der Waals surface area contributed by atoms with E-state index in [1.807, 2.05) is 25.4 Å². The zero-order valence-electron chi connectivity index (χ0n) is 16.6. The first-order valence-corrected chi connectivity index (χ1v) is 9.79. The highest BCUT2D eigenvalue weighted by Gasteiger charge is 2.22. The van der Waals surface area contributed by atoms with E-state index in [1.54, 1.807) is 0 Å². The lowest BCUT2D eigenvalue weighted by atomic mass is 10.0. The van der Waals surface area contributed by atoms with Crippen molar-refractivity contribution in [3.8, 4) is 0 Å². The second-order valence-electron chi connectivity index (χ2n) is 7.21. The molecule has 1 aromatic heterocycles. The summed E-state index contributed by atoms with van der Waals surface area (Å²) in [5.74, 6) is 1.52. The van der Waals surface area contributed by atoms with Gasteiger partial charge in [0.05, 0.1) is 0 Å². The van der Waals surface area contributed by atoms with E-state index in [4.69, 9.17) is 0 Å². The van der Waals surface area contributed by atoms with E-state index in [0.717, 1.165) is 31.2 Å². The molecule has 0 amide bonds. The number of nitrogens with zero attached hydrogens (tertiary/aromatic N) is 3. The molecule has 26 heavy (non-hydrogen) atoms. The lowest BCUT2D eigenvalue weighted by Gasteiger charge is -2.34. The average Bonchev–Trinajstić information content (AvgIpc) is 2.90. The van der Waals surface area contributed by atoms with E-state index in [0.29, 0.717) is 12.0 Å². The molecule has 0 aliphatic carbocycles. The lowest BCUT2D eigenvalue weighted by Crippen LogP contribution is -2.50. The number of nitrogens with one attached hydrogen (secondary N) is 2. The molecule has 148 valence electrons.